The van der Waals surface area contributed by atoms with E-state index in [0.29, 0.717) is 0 Å². The fraction of sp³-hybridized carbons (Fsp3) is 0.267. The van der Waals surface area contributed by atoms with Crippen LogP contribution in [0.4, 0.5) is 0 Å². The maximum Gasteiger partial charge on any atom is 0.361 e. The van der Waals surface area contributed by atoms with E-state index in [9.17, 15) is 0 Å². The van der Waals surface area contributed by atoms with Crippen LogP contribution in [-0.2, 0) is 0 Å². The minimum atomic E-state index is 1.03. The summed E-state index contributed by atoms with van der Waals surface area (Å²) in [6, 6.07) is 4.34. The van der Waals surface area contributed by atoms with Gasteiger partial charge in [-0.3, -0.25) is 0 Å². The van der Waals surface area contributed by atoms with Crippen LogP contribution in [0.3, 0.4) is 0 Å². The first-order valence-electron chi connectivity index (χ1n) is 5.88. The highest BCUT2D eigenvalue weighted by Gasteiger charge is 2.19. The van der Waals surface area contributed by atoms with Crippen molar-refractivity contribution < 1.29 is 0 Å². The van der Waals surface area contributed by atoms with Crippen molar-refractivity contribution in [2.24, 2.45) is 0 Å². The monoisotopic (exact) mass is 223 g/mol. The second-order valence-corrected chi connectivity index (χ2v) is 4.75. The zero-order valence-electron chi connectivity index (χ0n) is 10.6. The van der Waals surface area contributed by atoms with E-state index in [1.807, 2.05) is 6.20 Å². The first kappa shape index (κ1) is 10.2. The Kier molecular flexibility index (Phi) is 1.98. The molecule has 3 rings (SSSR count). The molecule has 84 valence electrons. The van der Waals surface area contributed by atoms with Gasteiger partial charge in [0.2, 0.25) is 0 Å². The van der Waals surface area contributed by atoms with Gasteiger partial charge in [0.15, 0.2) is 5.52 Å². The zero-order valence-corrected chi connectivity index (χ0v) is 10.6. The first-order chi connectivity index (χ1) is 8.09. The van der Waals surface area contributed by atoms with Crippen LogP contribution in [0.25, 0.3) is 16.5 Å². The summed E-state index contributed by atoms with van der Waals surface area (Å²) in [5.74, 6) is 0. The average Bonchev–Trinajstić information content (AvgIpc) is 2.61. The lowest BCUT2D eigenvalue weighted by atomic mass is 10.0. The van der Waals surface area contributed by atoms with Crippen molar-refractivity contribution in [1.82, 2.24) is 9.65 Å². The predicted molar refractivity (Wildman–Crippen MR) is 71.5 cm³/mol. The van der Waals surface area contributed by atoms with E-state index in [0.717, 1.165) is 16.6 Å². The molecule has 2 nitrogen and oxygen atoms in total. The smallest absolute Gasteiger partial charge is 0.248 e. The lowest BCUT2D eigenvalue weighted by Gasteiger charge is -2.01. The molecule has 1 aliphatic rings. The number of fused-ring (bicyclic) bond motifs is 3. The molecule has 2 heteroatoms. The predicted octanol–water partition coefficient (Wildman–Crippen LogP) is 1.18. The van der Waals surface area contributed by atoms with Crippen LogP contribution in [0, 0.1) is 13.8 Å². The highest BCUT2D eigenvalue weighted by molar-refractivity contribution is 6.16. The number of hydrogen-bond donors (Lipinski definition) is 0. The van der Waals surface area contributed by atoms with E-state index in [-0.39, 0.29) is 0 Å². The van der Waals surface area contributed by atoms with Crippen LogP contribution in [0.2, 0.25) is 0 Å². The molecule has 0 saturated carbocycles. The van der Waals surface area contributed by atoms with Crippen molar-refractivity contribution in [1.29, 1.82) is 0 Å². The van der Waals surface area contributed by atoms with E-state index in [2.05, 4.69) is 49.5 Å². The molecule has 0 fully saturated rings. The number of pyridine rings is 1. The Balaban J connectivity index is 2.65. The third-order valence-electron chi connectivity index (χ3n) is 3.76. The van der Waals surface area contributed by atoms with Crippen molar-refractivity contribution in [3.05, 3.63) is 40.0 Å². The van der Waals surface area contributed by atoms with Crippen molar-refractivity contribution >= 4 is 22.2 Å². The molecule has 0 amide bonds. The molecule has 0 unspecified atom stereocenters. The second kappa shape index (κ2) is 3.28. The molecule has 0 N–H and O–H groups in total. The van der Waals surface area contributed by atoms with Crippen LogP contribution >= 0.6 is 0 Å². The highest BCUT2D eigenvalue weighted by atomic mass is 14.7. The molecule has 0 aliphatic carbocycles. The summed E-state index contributed by atoms with van der Waals surface area (Å²) in [5.41, 5.74) is 5.93. The van der Waals surface area contributed by atoms with Gasteiger partial charge in [0.25, 0.3) is 0 Å². The molecule has 2 heterocycles. The molecule has 0 bridgehead atoms. The number of hydrogen-bond acceptors (Lipinski definition) is 1. The zero-order chi connectivity index (χ0) is 12.2. The van der Waals surface area contributed by atoms with Crippen molar-refractivity contribution in [3.8, 4) is 0 Å². The molecule has 0 atom stereocenters. The topological polar surface area (TPSA) is 27.0 Å². The molecule has 0 spiro atoms. The lowest BCUT2D eigenvalue weighted by Crippen LogP contribution is -2.27. The van der Waals surface area contributed by atoms with E-state index < -0.39 is 0 Å². The summed E-state index contributed by atoms with van der Waals surface area (Å²) in [4.78, 5) is 4.56. The van der Waals surface area contributed by atoms with E-state index in [4.69, 9.17) is 0 Å². The largest absolute Gasteiger partial charge is 0.361 e. The summed E-state index contributed by atoms with van der Waals surface area (Å²) < 4.78 is 4.65. The minimum Gasteiger partial charge on any atom is -0.248 e. The van der Waals surface area contributed by atoms with Crippen molar-refractivity contribution in [2.45, 2.75) is 27.7 Å². The molecule has 0 saturated heterocycles. The summed E-state index contributed by atoms with van der Waals surface area (Å²) in [6.45, 7) is 8.43. The molecule has 1 aliphatic heterocycles. The second-order valence-electron chi connectivity index (χ2n) is 4.75. The molecule has 0 radical (unpaired) electrons. The summed E-state index contributed by atoms with van der Waals surface area (Å²) in [7, 11) is 0. The lowest BCUT2D eigenvalue weighted by molar-refractivity contribution is 1.24. The summed E-state index contributed by atoms with van der Waals surface area (Å²) >= 11 is 0. The standard InChI is InChI=1S/C15H15N2/c1-8-7-16-14-12(9(8)2)5-6-13-10(3)11(4)17-15(13)14/h5-7H,1-4H3/q+1. The van der Waals surface area contributed by atoms with Crippen molar-refractivity contribution in [2.75, 3.05) is 0 Å². The number of nitrogens with zero attached hydrogens (tertiary/aromatic N) is 2. The fourth-order valence-electron chi connectivity index (χ4n) is 2.35. The normalized spacial score (nSPS) is 13.6. The van der Waals surface area contributed by atoms with Gasteiger partial charge in [-0.25, -0.2) is 4.98 Å². The number of aromatic nitrogens is 1. The van der Waals surface area contributed by atoms with Gasteiger partial charge in [0.05, 0.1) is 5.22 Å². The minimum absolute atomic E-state index is 1.03. The first-order valence-corrected chi connectivity index (χ1v) is 5.88. The Morgan fingerprint density at radius 1 is 1.06 bits per heavy atom. The Hall–Kier alpha value is -1.92. The average molecular weight is 223 g/mol. The van der Waals surface area contributed by atoms with Crippen LogP contribution in [0.1, 0.15) is 25.0 Å². The van der Waals surface area contributed by atoms with Crippen LogP contribution in [0.15, 0.2) is 18.3 Å². The summed E-state index contributed by atoms with van der Waals surface area (Å²) in [6.07, 6.45) is 1.94. The fourth-order valence-corrected chi connectivity index (χ4v) is 2.35. The molecule has 1 aromatic carbocycles. The molecular weight excluding hydrogens is 208 g/mol. The van der Waals surface area contributed by atoms with Gasteiger partial charge in [-0.2, -0.15) is 0 Å². The van der Waals surface area contributed by atoms with Gasteiger partial charge in [-0.05, 0) is 38.0 Å². The molecule has 2 aromatic rings. The van der Waals surface area contributed by atoms with Gasteiger partial charge < -0.3 is 0 Å². The third-order valence-corrected chi connectivity index (χ3v) is 3.76. The quantitative estimate of drug-likeness (QED) is 0.616. The van der Waals surface area contributed by atoms with Gasteiger partial charge in [-0.1, -0.05) is 10.7 Å². The Morgan fingerprint density at radius 2 is 1.82 bits per heavy atom. The van der Waals surface area contributed by atoms with Crippen LogP contribution < -0.4 is 15.2 Å². The van der Waals surface area contributed by atoms with E-state index >= 15 is 0 Å². The van der Waals surface area contributed by atoms with Crippen molar-refractivity contribution in [3.63, 3.8) is 0 Å². The van der Waals surface area contributed by atoms with Crippen LogP contribution in [0.5, 0.6) is 0 Å². The number of aryl methyl sites for hydroxylation is 2. The summed E-state index contributed by atoms with van der Waals surface area (Å²) in [5, 5.41) is 3.49. The van der Waals surface area contributed by atoms with Gasteiger partial charge in [-0.15, -0.1) is 0 Å². The molecule has 17 heavy (non-hydrogen) atoms. The molecule has 1 aromatic heterocycles. The molecular formula is C15H15N2+. The van der Waals surface area contributed by atoms with Gasteiger partial charge >= 0.3 is 11.1 Å². The van der Waals surface area contributed by atoms with Crippen LogP contribution in [-0.4, -0.2) is 10.7 Å². The maximum absolute atomic E-state index is 4.65. The SMILES string of the molecule is CC1=[N+]=c2c(ccc3c(C)c(C)cnc23)=C1C. The van der Waals surface area contributed by atoms with Gasteiger partial charge in [0, 0.05) is 24.1 Å². The highest BCUT2D eigenvalue weighted by Crippen LogP contribution is 2.15. The van der Waals surface area contributed by atoms with E-state index in [1.54, 1.807) is 0 Å². The number of rotatable bonds is 0. The number of benzene rings is 1. The Morgan fingerprint density at radius 3 is 2.59 bits per heavy atom. The Labute approximate surface area is 100 Å². The van der Waals surface area contributed by atoms with E-state index in [1.165, 1.54) is 27.3 Å². The maximum atomic E-state index is 4.65. The van der Waals surface area contributed by atoms with Gasteiger partial charge in [0.1, 0.15) is 0 Å². The third kappa shape index (κ3) is 1.28. The Bertz CT molecular complexity index is 807.